The minimum atomic E-state index is -3.81. The number of amides is 1. The minimum Gasteiger partial charge on any atom is -0.454 e. The fourth-order valence-corrected chi connectivity index (χ4v) is 3.35. The molecule has 7 nitrogen and oxygen atoms in total. The van der Waals surface area contributed by atoms with Gasteiger partial charge in [0.05, 0.1) is 11.4 Å². The highest BCUT2D eigenvalue weighted by atomic mass is 32.2. The predicted molar refractivity (Wildman–Crippen MR) is 90.8 cm³/mol. The second kappa shape index (κ2) is 7.12. The highest BCUT2D eigenvalue weighted by Crippen LogP contribution is 2.33. The van der Waals surface area contributed by atoms with Gasteiger partial charge in [0.2, 0.25) is 22.7 Å². The monoisotopic (exact) mass is 362 g/mol. The first-order valence-electron chi connectivity index (χ1n) is 7.66. The van der Waals surface area contributed by atoms with Crippen molar-refractivity contribution in [2.75, 3.05) is 13.3 Å². The molecular formula is C17H18N2O5S. The SMILES string of the molecule is Cc1ccccc1CNC(=O)CNS(=O)(=O)c1ccc2c(c1)OCO2. The number of carbonyl (C=O) groups is 1. The maximum absolute atomic E-state index is 12.3. The molecule has 0 spiro atoms. The van der Waals surface area contributed by atoms with Gasteiger partial charge in [-0.2, -0.15) is 0 Å². The molecule has 3 rings (SSSR count). The Balaban J connectivity index is 1.57. The van der Waals surface area contributed by atoms with E-state index in [1.807, 2.05) is 31.2 Å². The van der Waals surface area contributed by atoms with Crippen LogP contribution in [0.5, 0.6) is 11.5 Å². The normalized spacial score (nSPS) is 12.8. The molecule has 0 saturated heterocycles. The Hall–Kier alpha value is -2.58. The van der Waals surface area contributed by atoms with Gasteiger partial charge in [-0.3, -0.25) is 4.79 Å². The minimum absolute atomic E-state index is 0.0171. The number of aryl methyl sites for hydroxylation is 1. The predicted octanol–water partition coefficient (Wildman–Crippen LogP) is 1.32. The Morgan fingerprint density at radius 1 is 1.12 bits per heavy atom. The molecule has 0 bridgehead atoms. The van der Waals surface area contributed by atoms with Crippen LogP contribution in [0, 0.1) is 6.92 Å². The summed E-state index contributed by atoms with van der Waals surface area (Å²) in [7, 11) is -3.81. The van der Waals surface area contributed by atoms with Crippen LogP contribution >= 0.6 is 0 Å². The maximum atomic E-state index is 12.3. The van der Waals surface area contributed by atoms with Gasteiger partial charge in [0, 0.05) is 12.6 Å². The number of fused-ring (bicyclic) bond motifs is 1. The molecule has 0 saturated carbocycles. The smallest absolute Gasteiger partial charge is 0.241 e. The zero-order valence-electron chi connectivity index (χ0n) is 13.6. The van der Waals surface area contributed by atoms with E-state index in [0.29, 0.717) is 18.0 Å². The van der Waals surface area contributed by atoms with Gasteiger partial charge in [-0.1, -0.05) is 24.3 Å². The van der Waals surface area contributed by atoms with E-state index in [0.717, 1.165) is 11.1 Å². The standard InChI is InChI=1S/C17H18N2O5S/c1-12-4-2-3-5-13(12)9-18-17(20)10-19-25(21,22)14-6-7-15-16(8-14)24-11-23-15/h2-8,19H,9-11H2,1H3,(H,18,20). The Bertz CT molecular complexity index is 896. The fraction of sp³-hybridized carbons (Fsp3) is 0.235. The van der Waals surface area contributed by atoms with E-state index in [4.69, 9.17) is 9.47 Å². The van der Waals surface area contributed by atoms with Crippen LogP contribution in [0.15, 0.2) is 47.4 Å². The molecule has 2 aromatic carbocycles. The third-order valence-electron chi connectivity index (χ3n) is 3.81. The number of benzene rings is 2. The van der Waals surface area contributed by atoms with Crippen LogP contribution in [0.2, 0.25) is 0 Å². The number of sulfonamides is 1. The van der Waals surface area contributed by atoms with E-state index in [2.05, 4.69) is 10.0 Å². The van der Waals surface area contributed by atoms with E-state index in [1.54, 1.807) is 0 Å². The lowest BCUT2D eigenvalue weighted by Gasteiger charge is -2.09. The summed E-state index contributed by atoms with van der Waals surface area (Å²) in [5.74, 6) is 0.453. The lowest BCUT2D eigenvalue weighted by Crippen LogP contribution is -2.36. The number of rotatable bonds is 6. The first kappa shape index (κ1) is 17.2. The highest BCUT2D eigenvalue weighted by Gasteiger charge is 2.20. The summed E-state index contributed by atoms with van der Waals surface area (Å²) >= 11 is 0. The van der Waals surface area contributed by atoms with Gasteiger partial charge in [0.25, 0.3) is 0 Å². The van der Waals surface area contributed by atoms with Crippen molar-refractivity contribution in [3.05, 3.63) is 53.6 Å². The van der Waals surface area contributed by atoms with E-state index >= 15 is 0 Å². The molecule has 8 heteroatoms. The summed E-state index contributed by atoms with van der Waals surface area (Å²) in [4.78, 5) is 11.9. The number of ether oxygens (including phenoxy) is 2. The van der Waals surface area contributed by atoms with Gasteiger partial charge < -0.3 is 14.8 Å². The van der Waals surface area contributed by atoms with E-state index < -0.39 is 15.9 Å². The summed E-state index contributed by atoms with van der Waals surface area (Å²) in [5, 5.41) is 2.69. The number of hydrogen-bond acceptors (Lipinski definition) is 5. The molecule has 0 radical (unpaired) electrons. The van der Waals surface area contributed by atoms with E-state index in [9.17, 15) is 13.2 Å². The molecule has 0 unspecified atom stereocenters. The van der Waals surface area contributed by atoms with Crippen molar-refractivity contribution < 1.29 is 22.7 Å². The molecule has 1 aliphatic heterocycles. The van der Waals surface area contributed by atoms with Crippen molar-refractivity contribution in [1.82, 2.24) is 10.0 Å². The van der Waals surface area contributed by atoms with Crippen molar-refractivity contribution in [2.45, 2.75) is 18.4 Å². The zero-order chi connectivity index (χ0) is 17.9. The molecule has 0 aromatic heterocycles. The molecule has 0 fully saturated rings. The first-order valence-corrected chi connectivity index (χ1v) is 9.14. The summed E-state index contributed by atoms with van der Waals surface area (Å²) in [6.07, 6.45) is 0. The first-order chi connectivity index (χ1) is 12.0. The van der Waals surface area contributed by atoms with Gasteiger partial charge in [-0.05, 0) is 30.2 Å². The Kier molecular flexibility index (Phi) is 4.91. The number of hydrogen-bond donors (Lipinski definition) is 2. The molecule has 0 atom stereocenters. The summed E-state index contributed by atoms with van der Waals surface area (Å²) in [6.45, 7) is 2.01. The van der Waals surface area contributed by atoms with Crippen LogP contribution in [-0.4, -0.2) is 27.7 Å². The Morgan fingerprint density at radius 3 is 2.68 bits per heavy atom. The number of nitrogens with one attached hydrogen (secondary N) is 2. The van der Waals surface area contributed by atoms with Crippen LogP contribution in [0.3, 0.4) is 0 Å². The quantitative estimate of drug-likeness (QED) is 0.808. The van der Waals surface area contributed by atoms with Gasteiger partial charge in [-0.15, -0.1) is 0 Å². The van der Waals surface area contributed by atoms with Crippen LogP contribution < -0.4 is 19.5 Å². The van der Waals surface area contributed by atoms with Gasteiger partial charge in [-0.25, -0.2) is 13.1 Å². The molecule has 0 aliphatic carbocycles. The zero-order valence-corrected chi connectivity index (χ0v) is 14.4. The molecule has 1 aliphatic rings. The molecule has 1 heterocycles. The lowest BCUT2D eigenvalue weighted by molar-refractivity contribution is -0.120. The molecule has 25 heavy (non-hydrogen) atoms. The second-order valence-corrected chi connectivity index (χ2v) is 7.31. The molecule has 1 amide bonds. The summed E-state index contributed by atoms with van der Waals surface area (Å²) in [6, 6.07) is 12.0. The maximum Gasteiger partial charge on any atom is 0.241 e. The average Bonchev–Trinajstić information content (AvgIpc) is 3.07. The summed E-state index contributed by atoms with van der Waals surface area (Å²) < 4.78 is 37.1. The Labute approximate surface area is 146 Å². The van der Waals surface area contributed by atoms with Crippen LogP contribution in [-0.2, 0) is 21.4 Å². The van der Waals surface area contributed by atoms with Crippen LogP contribution in [0.4, 0.5) is 0 Å². The van der Waals surface area contributed by atoms with Gasteiger partial charge in [0.15, 0.2) is 11.5 Å². The molecular weight excluding hydrogens is 344 g/mol. The van der Waals surface area contributed by atoms with Crippen molar-refractivity contribution in [2.24, 2.45) is 0 Å². The largest absolute Gasteiger partial charge is 0.454 e. The van der Waals surface area contributed by atoms with Gasteiger partial charge in [0.1, 0.15) is 0 Å². The molecule has 2 N–H and O–H groups in total. The third kappa shape index (κ3) is 4.09. The topological polar surface area (TPSA) is 93.7 Å². The van der Waals surface area contributed by atoms with Crippen molar-refractivity contribution in [3.63, 3.8) is 0 Å². The van der Waals surface area contributed by atoms with Gasteiger partial charge >= 0.3 is 0 Å². The number of carbonyl (C=O) groups excluding carboxylic acids is 1. The third-order valence-corrected chi connectivity index (χ3v) is 5.21. The van der Waals surface area contributed by atoms with Crippen molar-refractivity contribution in [1.29, 1.82) is 0 Å². The van der Waals surface area contributed by atoms with Crippen molar-refractivity contribution in [3.8, 4) is 11.5 Å². The van der Waals surface area contributed by atoms with Crippen molar-refractivity contribution >= 4 is 15.9 Å². The van der Waals surface area contributed by atoms with E-state index in [-0.39, 0.29) is 18.2 Å². The second-order valence-electron chi connectivity index (χ2n) is 5.54. The lowest BCUT2D eigenvalue weighted by atomic mass is 10.1. The molecule has 2 aromatic rings. The fourth-order valence-electron chi connectivity index (χ4n) is 2.35. The highest BCUT2D eigenvalue weighted by molar-refractivity contribution is 7.89. The van der Waals surface area contributed by atoms with Crippen LogP contribution in [0.1, 0.15) is 11.1 Å². The Morgan fingerprint density at radius 2 is 1.88 bits per heavy atom. The molecule has 132 valence electrons. The van der Waals surface area contributed by atoms with E-state index in [1.165, 1.54) is 18.2 Å². The average molecular weight is 362 g/mol. The summed E-state index contributed by atoms with van der Waals surface area (Å²) in [5.41, 5.74) is 2.04. The van der Waals surface area contributed by atoms with Crippen LogP contribution in [0.25, 0.3) is 0 Å².